The number of hydrogen-bond donors (Lipinski definition) is 2. The van der Waals surface area contributed by atoms with Crippen LogP contribution in [-0.2, 0) is 0 Å². The highest BCUT2D eigenvalue weighted by atomic mass is 15.0. The van der Waals surface area contributed by atoms with Crippen LogP contribution in [0.25, 0.3) is 0 Å². The Bertz CT molecular complexity index is 67.5. The molecule has 0 amide bonds. The van der Waals surface area contributed by atoms with Crippen LogP contribution in [0.5, 0.6) is 0 Å². The van der Waals surface area contributed by atoms with Crippen LogP contribution in [0.2, 0.25) is 0 Å². The van der Waals surface area contributed by atoms with Crippen molar-refractivity contribution in [2.24, 2.45) is 0 Å². The SMILES string of the molecule is CC(C)NCCNC(C)C.[HH].[HH]. The molecule has 2 heteroatoms. The number of rotatable bonds is 5. The Balaban J connectivity index is -0.000000405. The second-order valence-corrected chi connectivity index (χ2v) is 3.22. The van der Waals surface area contributed by atoms with Gasteiger partial charge in [-0.3, -0.25) is 0 Å². The van der Waals surface area contributed by atoms with Gasteiger partial charge in [-0.1, -0.05) is 27.7 Å². The maximum atomic E-state index is 3.34. The standard InChI is InChI=1S/C8H20N2.2H2/c1-7(2)9-5-6-10-8(3)4;;/h7-10H,5-6H2,1-4H3;2*1H. The van der Waals surface area contributed by atoms with Gasteiger partial charge in [-0.15, -0.1) is 0 Å². The van der Waals surface area contributed by atoms with Gasteiger partial charge in [0.05, 0.1) is 0 Å². The summed E-state index contributed by atoms with van der Waals surface area (Å²) in [6, 6.07) is 1.21. The van der Waals surface area contributed by atoms with Gasteiger partial charge in [0.25, 0.3) is 0 Å². The molecule has 0 fully saturated rings. The fourth-order valence-corrected chi connectivity index (χ4v) is 0.722. The summed E-state index contributed by atoms with van der Waals surface area (Å²) in [7, 11) is 0. The predicted octanol–water partition coefficient (Wildman–Crippen LogP) is 1.47. The first-order valence-corrected chi connectivity index (χ1v) is 4.09. The summed E-state index contributed by atoms with van der Waals surface area (Å²) in [5.41, 5.74) is 0. The third-order valence-corrected chi connectivity index (χ3v) is 1.23. The number of nitrogens with one attached hydrogen (secondary N) is 2. The highest BCUT2D eigenvalue weighted by molar-refractivity contribution is 4.57. The third kappa shape index (κ3) is 7.92. The lowest BCUT2D eigenvalue weighted by atomic mass is 10.3. The second kappa shape index (κ2) is 5.69. The monoisotopic (exact) mass is 148 g/mol. The van der Waals surface area contributed by atoms with Gasteiger partial charge in [0, 0.05) is 28.0 Å². The van der Waals surface area contributed by atoms with Crippen molar-refractivity contribution < 1.29 is 2.85 Å². The number of hydrogen-bond acceptors (Lipinski definition) is 2. The van der Waals surface area contributed by atoms with Crippen molar-refractivity contribution in [3.8, 4) is 0 Å². The van der Waals surface area contributed by atoms with Crippen LogP contribution in [0.15, 0.2) is 0 Å². The Morgan fingerprint density at radius 1 is 0.900 bits per heavy atom. The van der Waals surface area contributed by atoms with Gasteiger partial charge in [0.15, 0.2) is 0 Å². The molecule has 0 aliphatic heterocycles. The molecule has 10 heavy (non-hydrogen) atoms. The minimum atomic E-state index is 0. The van der Waals surface area contributed by atoms with E-state index in [0.717, 1.165) is 13.1 Å². The maximum absolute atomic E-state index is 3.34. The largest absolute Gasteiger partial charge is 0.313 e. The van der Waals surface area contributed by atoms with Crippen molar-refractivity contribution in [1.29, 1.82) is 0 Å². The van der Waals surface area contributed by atoms with Gasteiger partial charge in [-0.25, -0.2) is 0 Å². The molecule has 0 rings (SSSR count). The molecule has 0 heterocycles. The van der Waals surface area contributed by atoms with Crippen molar-refractivity contribution in [2.45, 2.75) is 39.8 Å². The summed E-state index contributed by atoms with van der Waals surface area (Å²) in [5.74, 6) is 0. The molecule has 0 atom stereocenters. The van der Waals surface area contributed by atoms with Crippen LogP contribution >= 0.6 is 0 Å². The summed E-state index contributed by atoms with van der Waals surface area (Å²) >= 11 is 0. The summed E-state index contributed by atoms with van der Waals surface area (Å²) in [4.78, 5) is 0. The topological polar surface area (TPSA) is 24.1 Å². The van der Waals surface area contributed by atoms with E-state index >= 15 is 0 Å². The van der Waals surface area contributed by atoms with Crippen LogP contribution < -0.4 is 10.6 Å². The van der Waals surface area contributed by atoms with Crippen molar-refractivity contribution in [1.82, 2.24) is 10.6 Å². The smallest absolute Gasteiger partial charge is 0.00791 e. The summed E-state index contributed by atoms with van der Waals surface area (Å²) in [6.45, 7) is 10.8. The molecule has 0 spiro atoms. The molecule has 66 valence electrons. The average molecular weight is 148 g/mol. The molecule has 0 bridgehead atoms. The van der Waals surface area contributed by atoms with E-state index in [4.69, 9.17) is 0 Å². The third-order valence-electron chi connectivity index (χ3n) is 1.23. The summed E-state index contributed by atoms with van der Waals surface area (Å²) in [5, 5.41) is 6.68. The van der Waals surface area contributed by atoms with Gasteiger partial charge < -0.3 is 10.6 Å². The molecule has 0 aliphatic carbocycles. The molecule has 0 aromatic heterocycles. The molecular formula is C8H24N2. The van der Waals surface area contributed by atoms with Gasteiger partial charge >= 0.3 is 0 Å². The van der Waals surface area contributed by atoms with Crippen LogP contribution in [0.4, 0.5) is 0 Å². The Kier molecular flexibility index (Phi) is 5.64. The Hall–Kier alpha value is -0.0800. The van der Waals surface area contributed by atoms with E-state index in [1.54, 1.807) is 0 Å². The Labute approximate surface area is 67.4 Å². The van der Waals surface area contributed by atoms with E-state index in [9.17, 15) is 0 Å². The summed E-state index contributed by atoms with van der Waals surface area (Å²) in [6.07, 6.45) is 0. The fraction of sp³-hybridized carbons (Fsp3) is 1.00. The molecular weight excluding hydrogens is 124 g/mol. The maximum Gasteiger partial charge on any atom is 0.00791 e. The van der Waals surface area contributed by atoms with E-state index < -0.39 is 0 Å². The summed E-state index contributed by atoms with van der Waals surface area (Å²) < 4.78 is 0. The van der Waals surface area contributed by atoms with Crippen LogP contribution in [-0.4, -0.2) is 25.2 Å². The average Bonchev–Trinajstić information content (AvgIpc) is 1.79. The van der Waals surface area contributed by atoms with E-state index in [1.807, 2.05) is 0 Å². The molecule has 0 aromatic rings. The lowest BCUT2D eigenvalue weighted by molar-refractivity contribution is 0.525. The van der Waals surface area contributed by atoms with Crippen molar-refractivity contribution in [2.75, 3.05) is 13.1 Å². The van der Waals surface area contributed by atoms with Crippen molar-refractivity contribution >= 4 is 0 Å². The Morgan fingerprint density at radius 3 is 1.40 bits per heavy atom. The molecule has 0 unspecified atom stereocenters. The van der Waals surface area contributed by atoms with Gasteiger partial charge in [-0.05, 0) is 0 Å². The molecule has 2 N–H and O–H groups in total. The van der Waals surface area contributed by atoms with Crippen LogP contribution in [0.3, 0.4) is 0 Å². The van der Waals surface area contributed by atoms with E-state index in [2.05, 4.69) is 38.3 Å². The molecule has 0 aliphatic rings. The first kappa shape index (κ1) is 9.92. The first-order valence-electron chi connectivity index (χ1n) is 4.09. The quantitative estimate of drug-likeness (QED) is 0.577. The molecule has 2 nitrogen and oxygen atoms in total. The van der Waals surface area contributed by atoms with Gasteiger partial charge in [-0.2, -0.15) is 0 Å². The molecule has 0 aromatic carbocycles. The van der Waals surface area contributed by atoms with Crippen molar-refractivity contribution in [3.05, 3.63) is 0 Å². The highest BCUT2D eigenvalue weighted by Crippen LogP contribution is 1.76. The lowest BCUT2D eigenvalue weighted by Gasteiger charge is -2.10. The molecule has 0 saturated carbocycles. The molecule has 0 radical (unpaired) electrons. The highest BCUT2D eigenvalue weighted by Gasteiger charge is 1.92. The minimum absolute atomic E-state index is 0. The van der Waals surface area contributed by atoms with Crippen LogP contribution in [0, 0.1) is 0 Å². The normalized spacial score (nSPS) is 11.4. The van der Waals surface area contributed by atoms with Gasteiger partial charge in [0.2, 0.25) is 0 Å². The minimum Gasteiger partial charge on any atom is -0.313 e. The second-order valence-electron chi connectivity index (χ2n) is 3.22. The van der Waals surface area contributed by atoms with Crippen molar-refractivity contribution in [3.63, 3.8) is 0 Å². The zero-order valence-electron chi connectivity index (χ0n) is 7.57. The van der Waals surface area contributed by atoms with Gasteiger partial charge in [0.1, 0.15) is 0 Å². The zero-order chi connectivity index (χ0) is 7.98. The van der Waals surface area contributed by atoms with E-state index in [0.29, 0.717) is 12.1 Å². The zero-order valence-corrected chi connectivity index (χ0v) is 7.57. The predicted molar refractivity (Wildman–Crippen MR) is 50.5 cm³/mol. The fourth-order valence-electron chi connectivity index (χ4n) is 0.722. The molecule has 0 saturated heterocycles. The van der Waals surface area contributed by atoms with E-state index in [-0.39, 0.29) is 2.85 Å². The van der Waals surface area contributed by atoms with E-state index in [1.165, 1.54) is 0 Å². The lowest BCUT2D eigenvalue weighted by Crippen LogP contribution is -2.34. The Morgan fingerprint density at radius 2 is 1.20 bits per heavy atom. The van der Waals surface area contributed by atoms with Crippen LogP contribution in [0.1, 0.15) is 30.5 Å². The first-order chi connectivity index (χ1) is 4.63.